The van der Waals surface area contributed by atoms with Crippen molar-refractivity contribution in [2.24, 2.45) is 5.92 Å². The summed E-state index contributed by atoms with van der Waals surface area (Å²) in [6.45, 7) is 1.72. The second-order valence-electron chi connectivity index (χ2n) is 1.78. The number of rotatable bonds is 3. The smallest absolute Gasteiger partial charge is 0.148 e. The monoisotopic (exact) mass is 132 g/mol. The summed E-state index contributed by atoms with van der Waals surface area (Å²) in [4.78, 5) is 20.1. The highest BCUT2D eigenvalue weighted by atomic mass is 31.0. The van der Waals surface area contributed by atoms with Gasteiger partial charge in [-0.1, -0.05) is 16.2 Å². The Bertz CT molecular complexity index is 101. The Hall–Kier alpha value is -0.230. The van der Waals surface area contributed by atoms with Crippen LogP contribution in [0.5, 0.6) is 0 Å². The summed E-state index contributed by atoms with van der Waals surface area (Å²) in [5.41, 5.74) is -0.00963. The summed E-state index contributed by atoms with van der Waals surface area (Å²) in [5.74, 6) is -0.125. The number of carbonyl (C=O) groups is 2. The highest BCUT2D eigenvalue weighted by Gasteiger charge is 2.01. The van der Waals surface area contributed by atoms with E-state index in [-0.39, 0.29) is 11.4 Å². The zero-order valence-corrected chi connectivity index (χ0v) is 5.91. The minimum Gasteiger partial charge on any atom is -0.303 e. The second-order valence-corrected chi connectivity index (χ2v) is 2.43. The predicted molar refractivity (Wildman–Crippen MR) is 34.6 cm³/mol. The van der Waals surface area contributed by atoms with Crippen molar-refractivity contribution < 1.29 is 9.59 Å². The van der Waals surface area contributed by atoms with Crippen molar-refractivity contribution in [1.82, 2.24) is 0 Å². The van der Waals surface area contributed by atoms with E-state index >= 15 is 0 Å². The SMILES string of the molecule is CC(C=O)CC(=O)P. The molecule has 0 fully saturated rings. The summed E-state index contributed by atoms with van der Waals surface area (Å²) < 4.78 is 0. The third-order valence-electron chi connectivity index (χ3n) is 0.755. The quantitative estimate of drug-likeness (QED) is 0.416. The first kappa shape index (κ1) is 7.77. The molecule has 0 radical (unpaired) electrons. The lowest BCUT2D eigenvalue weighted by molar-refractivity contribution is -0.116. The van der Waals surface area contributed by atoms with Crippen LogP contribution in [0, 0.1) is 5.92 Å². The van der Waals surface area contributed by atoms with Crippen LogP contribution in [0.2, 0.25) is 0 Å². The molecule has 0 aromatic heterocycles. The van der Waals surface area contributed by atoms with Crippen LogP contribution < -0.4 is 0 Å². The van der Waals surface area contributed by atoms with E-state index in [2.05, 4.69) is 0 Å². The summed E-state index contributed by atoms with van der Waals surface area (Å²) in [5, 5.41) is 0. The van der Waals surface area contributed by atoms with Crippen LogP contribution in [0.3, 0.4) is 0 Å². The molecule has 0 spiro atoms. The fourth-order valence-electron chi connectivity index (χ4n) is 0.365. The van der Waals surface area contributed by atoms with Crippen LogP contribution in [0.1, 0.15) is 13.3 Å². The van der Waals surface area contributed by atoms with E-state index in [0.29, 0.717) is 6.42 Å². The molecule has 2 atom stereocenters. The molecule has 2 unspecified atom stereocenters. The van der Waals surface area contributed by atoms with E-state index in [9.17, 15) is 9.59 Å². The Morgan fingerprint density at radius 2 is 2.38 bits per heavy atom. The van der Waals surface area contributed by atoms with Gasteiger partial charge in [-0.05, 0) is 0 Å². The maximum Gasteiger partial charge on any atom is 0.148 e. The Kier molecular flexibility index (Phi) is 3.63. The van der Waals surface area contributed by atoms with E-state index < -0.39 is 0 Å². The van der Waals surface area contributed by atoms with E-state index in [1.54, 1.807) is 6.92 Å². The van der Waals surface area contributed by atoms with Gasteiger partial charge in [-0.15, -0.1) is 0 Å². The van der Waals surface area contributed by atoms with Gasteiger partial charge in [0.2, 0.25) is 0 Å². The highest BCUT2D eigenvalue weighted by Crippen LogP contribution is 2.01. The largest absolute Gasteiger partial charge is 0.303 e. The molecule has 46 valence electrons. The molecule has 0 aromatic rings. The molecule has 0 aliphatic heterocycles. The fraction of sp³-hybridized carbons (Fsp3) is 0.600. The number of aldehydes is 1. The molecule has 0 rings (SSSR count). The van der Waals surface area contributed by atoms with Gasteiger partial charge in [0.15, 0.2) is 0 Å². The first-order valence-electron chi connectivity index (χ1n) is 2.40. The van der Waals surface area contributed by atoms with E-state index in [0.717, 1.165) is 6.29 Å². The molecule has 8 heavy (non-hydrogen) atoms. The van der Waals surface area contributed by atoms with Gasteiger partial charge in [0.1, 0.15) is 11.8 Å². The first-order chi connectivity index (χ1) is 3.66. The summed E-state index contributed by atoms with van der Waals surface area (Å²) in [7, 11) is 2.03. The third kappa shape index (κ3) is 3.94. The molecular formula is C5H9O2P. The maximum atomic E-state index is 10.2. The van der Waals surface area contributed by atoms with Crippen LogP contribution in [-0.4, -0.2) is 11.8 Å². The van der Waals surface area contributed by atoms with Gasteiger partial charge in [-0.2, -0.15) is 0 Å². The third-order valence-corrected chi connectivity index (χ3v) is 0.991. The van der Waals surface area contributed by atoms with Gasteiger partial charge >= 0.3 is 0 Å². The summed E-state index contributed by atoms with van der Waals surface area (Å²) >= 11 is 0. The zero-order chi connectivity index (χ0) is 6.57. The molecule has 3 heteroatoms. The predicted octanol–water partition coefficient (Wildman–Crippen LogP) is 0.613. The van der Waals surface area contributed by atoms with Gasteiger partial charge in [-0.3, -0.25) is 4.79 Å². The van der Waals surface area contributed by atoms with Crippen LogP contribution in [-0.2, 0) is 9.59 Å². The molecule has 0 N–H and O–H groups in total. The van der Waals surface area contributed by atoms with E-state index in [4.69, 9.17) is 0 Å². The van der Waals surface area contributed by atoms with Gasteiger partial charge in [0, 0.05) is 12.3 Å². The van der Waals surface area contributed by atoms with E-state index in [1.165, 1.54) is 0 Å². The van der Waals surface area contributed by atoms with E-state index in [1.807, 2.05) is 9.24 Å². The maximum absolute atomic E-state index is 10.2. The van der Waals surface area contributed by atoms with Gasteiger partial charge in [-0.25, -0.2) is 0 Å². The molecule has 0 aliphatic rings. The lowest BCUT2D eigenvalue weighted by atomic mass is 10.1. The average molecular weight is 132 g/mol. The van der Waals surface area contributed by atoms with Crippen LogP contribution in [0.25, 0.3) is 0 Å². The standard InChI is InChI=1S/C5H9O2P/c1-4(3-6)2-5(7)8/h3-4H,2,8H2,1H3. The Balaban J connectivity index is 3.38. The van der Waals surface area contributed by atoms with Crippen LogP contribution in [0.15, 0.2) is 0 Å². The highest BCUT2D eigenvalue weighted by molar-refractivity contribution is 7.40. The van der Waals surface area contributed by atoms with Crippen molar-refractivity contribution in [1.29, 1.82) is 0 Å². The lowest BCUT2D eigenvalue weighted by Gasteiger charge is -1.94. The molecule has 0 saturated heterocycles. The van der Waals surface area contributed by atoms with Crippen molar-refractivity contribution in [2.75, 3.05) is 0 Å². The van der Waals surface area contributed by atoms with Crippen molar-refractivity contribution in [3.05, 3.63) is 0 Å². The fourth-order valence-corrected chi connectivity index (χ4v) is 0.737. The van der Waals surface area contributed by atoms with Gasteiger partial charge in [0.05, 0.1) is 0 Å². The molecule has 2 nitrogen and oxygen atoms in total. The molecule has 0 aromatic carbocycles. The molecule has 0 saturated carbocycles. The zero-order valence-electron chi connectivity index (χ0n) is 4.76. The Morgan fingerprint density at radius 1 is 1.88 bits per heavy atom. The van der Waals surface area contributed by atoms with Gasteiger partial charge < -0.3 is 4.79 Å². The molecule has 0 amide bonds. The number of hydrogen-bond donors (Lipinski definition) is 0. The summed E-state index contributed by atoms with van der Waals surface area (Å²) in [6, 6.07) is 0. The first-order valence-corrected chi connectivity index (χ1v) is 2.98. The number of hydrogen-bond acceptors (Lipinski definition) is 2. The molecule has 0 aliphatic carbocycles. The van der Waals surface area contributed by atoms with Crippen LogP contribution >= 0.6 is 9.24 Å². The Labute approximate surface area is 50.9 Å². The summed E-state index contributed by atoms with van der Waals surface area (Å²) in [6.07, 6.45) is 1.12. The minimum atomic E-state index is -0.125. The average Bonchev–Trinajstić information content (AvgIpc) is 1.65. The molecule has 0 heterocycles. The van der Waals surface area contributed by atoms with Crippen LogP contribution in [0.4, 0.5) is 0 Å². The second kappa shape index (κ2) is 3.73. The van der Waals surface area contributed by atoms with Crippen molar-refractivity contribution >= 4 is 21.1 Å². The van der Waals surface area contributed by atoms with Gasteiger partial charge in [0.25, 0.3) is 0 Å². The Morgan fingerprint density at radius 3 is 2.50 bits per heavy atom. The topological polar surface area (TPSA) is 34.1 Å². The minimum absolute atomic E-state index is 0.00963. The number of carbonyl (C=O) groups excluding carboxylic acids is 2. The molecule has 0 bridgehead atoms. The molecular weight excluding hydrogens is 123 g/mol. The lowest BCUT2D eigenvalue weighted by Crippen LogP contribution is -1.99. The van der Waals surface area contributed by atoms with Crippen molar-refractivity contribution in [2.45, 2.75) is 13.3 Å². The normalized spacial score (nSPS) is 12.8. The van der Waals surface area contributed by atoms with Crippen molar-refractivity contribution in [3.63, 3.8) is 0 Å². The van der Waals surface area contributed by atoms with Crippen molar-refractivity contribution in [3.8, 4) is 0 Å².